The number of rotatable bonds is 1. The van der Waals surface area contributed by atoms with Crippen LogP contribution in [-0.4, -0.2) is 17.5 Å². The van der Waals surface area contributed by atoms with Gasteiger partial charge >= 0.3 is 0 Å². The van der Waals surface area contributed by atoms with Crippen molar-refractivity contribution in [3.05, 3.63) is 35.3 Å². The molecule has 0 aliphatic carbocycles. The standard InChI is InChI=1S/C12H15N3O/c1-8-6-5-7-15-10(11(16)13-3)9(2)14(4)12(8)15/h5-7H,1-4H3/p+1. The number of hydrogen-bond donors (Lipinski definition) is 1. The lowest BCUT2D eigenvalue weighted by Gasteiger charge is -1.95. The molecule has 0 aliphatic heterocycles. The maximum Gasteiger partial charge on any atom is 0.295 e. The summed E-state index contributed by atoms with van der Waals surface area (Å²) in [5.41, 5.74) is 3.87. The van der Waals surface area contributed by atoms with Crippen LogP contribution in [0.25, 0.3) is 5.65 Å². The third-order valence-corrected chi connectivity index (χ3v) is 3.01. The monoisotopic (exact) mass is 218 g/mol. The van der Waals surface area contributed by atoms with Gasteiger partial charge in [0.1, 0.15) is 0 Å². The van der Waals surface area contributed by atoms with Gasteiger partial charge < -0.3 is 5.32 Å². The van der Waals surface area contributed by atoms with E-state index in [0.717, 1.165) is 16.9 Å². The van der Waals surface area contributed by atoms with E-state index >= 15 is 0 Å². The Balaban J connectivity index is 2.90. The summed E-state index contributed by atoms with van der Waals surface area (Å²) in [7, 11) is 3.63. The van der Waals surface area contributed by atoms with Gasteiger partial charge in [0.15, 0.2) is 5.69 Å². The van der Waals surface area contributed by atoms with Crippen LogP contribution in [-0.2, 0) is 7.05 Å². The van der Waals surface area contributed by atoms with E-state index in [1.165, 1.54) is 0 Å². The van der Waals surface area contributed by atoms with Crippen molar-refractivity contribution in [1.82, 2.24) is 9.88 Å². The Morgan fingerprint density at radius 2 is 2.12 bits per heavy atom. The molecular formula is C12H16N3O+. The first-order valence-corrected chi connectivity index (χ1v) is 5.26. The first kappa shape index (κ1) is 10.7. The van der Waals surface area contributed by atoms with Gasteiger partial charge in [0, 0.05) is 19.5 Å². The topological polar surface area (TPSA) is 38.1 Å². The molecule has 0 radical (unpaired) electrons. The van der Waals surface area contributed by atoms with Gasteiger partial charge in [-0.15, -0.1) is 0 Å². The molecule has 84 valence electrons. The van der Waals surface area contributed by atoms with Crippen molar-refractivity contribution in [3.8, 4) is 0 Å². The zero-order valence-electron chi connectivity index (χ0n) is 10.0. The molecule has 2 heterocycles. The van der Waals surface area contributed by atoms with Crippen molar-refractivity contribution in [3.63, 3.8) is 0 Å². The number of aryl methyl sites for hydroxylation is 2. The number of hydrogen-bond acceptors (Lipinski definition) is 1. The number of nitrogens with one attached hydrogen (secondary N) is 1. The first-order chi connectivity index (χ1) is 7.57. The van der Waals surface area contributed by atoms with Crippen LogP contribution in [0.2, 0.25) is 0 Å². The molecule has 0 bridgehead atoms. The maximum absolute atomic E-state index is 11.8. The van der Waals surface area contributed by atoms with Crippen LogP contribution < -0.4 is 9.72 Å². The second-order valence-corrected chi connectivity index (χ2v) is 3.96. The SMILES string of the molecule is CNC(=O)c1c(C)n(C)c2c(C)ccc[n+]12. The molecule has 0 spiro atoms. The fourth-order valence-electron chi connectivity index (χ4n) is 2.10. The van der Waals surface area contributed by atoms with Crippen molar-refractivity contribution in [1.29, 1.82) is 0 Å². The van der Waals surface area contributed by atoms with Crippen molar-refractivity contribution in [2.24, 2.45) is 7.05 Å². The number of fused-ring (bicyclic) bond motifs is 1. The maximum atomic E-state index is 11.8. The number of imidazole rings is 1. The molecule has 0 aliphatic rings. The predicted octanol–water partition coefficient (Wildman–Crippen LogP) is 0.740. The Bertz CT molecular complexity index is 569. The van der Waals surface area contributed by atoms with Crippen LogP contribution in [0, 0.1) is 13.8 Å². The summed E-state index contributed by atoms with van der Waals surface area (Å²) in [6, 6.07) is 4.00. The molecule has 2 aromatic heterocycles. The van der Waals surface area contributed by atoms with E-state index in [1.54, 1.807) is 7.05 Å². The van der Waals surface area contributed by atoms with Gasteiger partial charge in [0.05, 0.1) is 13.2 Å². The van der Waals surface area contributed by atoms with E-state index in [2.05, 4.69) is 5.32 Å². The minimum Gasteiger partial charge on any atom is -0.352 e. The minimum atomic E-state index is -0.0568. The summed E-state index contributed by atoms with van der Waals surface area (Å²) in [5.74, 6) is -0.0568. The van der Waals surface area contributed by atoms with E-state index < -0.39 is 0 Å². The van der Waals surface area contributed by atoms with Crippen molar-refractivity contribution in [2.45, 2.75) is 13.8 Å². The molecule has 0 saturated carbocycles. The summed E-state index contributed by atoms with van der Waals surface area (Å²) in [6.45, 7) is 4.00. The van der Waals surface area contributed by atoms with Gasteiger partial charge in [-0.3, -0.25) is 4.79 Å². The van der Waals surface area contributed by atoms with Crippen molar-refractivity contribution < 1.29 is 9.20 Å². The number of nitrogens with zero attached hydrogens (tertiary/aromatic N) is 2. The van der Waals surface area contributed by atoms with Crippen molar-refractivity contribution in [2.75, 3.05) is 7.05 Å². The van der Waals surface area contributed by atoms with Crippen LogP contribution in [0.3, 0.4) is 0 Å². The fourth-order valence-corrected chi connectivity index (χ4v) is 2.10. The van der Waals surface area contributed by atoms with Crippen LogP contribution >= 0.6 is 0 Å². The number of amides is 1. The van der Waals surface area contributed by atoms with E-state index in [0.29, 0.717) is 5.69 Å². The first-order valence-electron chi connectivity index (χ1n) is 5.26. The van der Waals surface area contributed by atoms with E-state index in [1.807, 2.05) is 48.2 Å². The summed E-state index contributed by atoms with van der Waals surface area (Å²) in [6.07, 6.45) is 1.92. The highest BCUT2D eigenvalue weighted by molar-refractivity contribution is 5.92. The van der Waals surface area contributed by atoms with E-state index in [4.69, 9.17) is 0 Å². The number of pyridine rings is 1. The largest absolute Gasteiger partial charge is 0.352 e. The Morgan fingerprint density at radius 3 is 2.75 bits per heavy atom. The Labute approximate surface area is 94.5 Å². The van der Waals surface area contributed by atoms with Gasteiger partial charge in [0.2, 0.25) is 5.69 Å². The highest BCUT2D eigenvalue weighted by atomic mass is 16.1. The molecular weight excluding hydrogens is 202 g/mol. The third kappa shape index (κ3) is 1.30. The zero-order chi connectivity index (χ0) is 11.9. The molecule has 1 amide bonds. The van der Waals surface area contributed by atoms with Gasteiger partial charge in [-0.25, -0.2) is 4.57 Å². The quantitative estimate of drug-likeness (QED) is 0.704. The molecule has 0 aromatic carbocycles. The molecule has 1 N–H and O–H groups in total. The zero-order valence-corrected chi connectivity index (χ0v) is 10.0. The van der Waals surface area contributed by atoms with Gasteiger partial charge in [-0.05, 0) is 19.1 Å². The lowest BCUT2D eigenvalue weighted by atomic mass is 10.3. The van der Waals surface area contributed by atoms with Gasteiger partial charge in [0.25, 0.3) is 11.6 Å². The number of carbonyl (C=O) groups is 1. The Morgan fingerprint density at radius 1 is 1.44 bits per heavy atom. The molecule has 0 fully saturated rings. The highest BCUT2D eigenvalue weighted by Crippen LogP contribution is 2.11. The molecule has 16 heavy (non-hydrogen) atoms. The molecule has 4 nitrogen and oxygen atoms in total. The second kappa shape index (κ2) is 3.63. The molecule has 0 saturated heterocycles. The van der Waals surface area contributed by atoms with E-state index in [9.17, 15) is 4.79 Å². The third-order valence-electron chi connectivity index (χ3n) is 3.01. The normalized spacial score (nSPS) is 10.8. The predicted molar refractivity (Wildman–Crippen MR) is 61.4 cm³/mol. The van der Waals surface area contributed by atoms with Crippen LogP contribution in [0.1, 0.15) is 21.7 Å². The molecule has 0 atom stereocenters. The van der Waals surface area contributed by atoms with Crippen LogP contribution in [0.5, 0.6) is 0 Å². The van der Waals surface area contributed by atoms with Crippen LogP contribution in [0.15, 0.2) is 18.3 Å². The van der Waals surface area contributed by atoms with Gasteiger partial charge in [-0.1, -0.05) is 0 Å². The summed E-state index contributed by atoms with van der Waals surface area (Å²) >= 11 is 0. The Kier molecular flexibility index (Phi) is 2.42. The molecule has 2 aromatic rings. The summed E-state index contributed by atoms with van der Waals surface area (Å²) in [4.78, 5) is 11.8. The molecule has 0 unspecified atom stereocenters. The van der Waals surface area contributed by atoms with Crippen molar-refractivity contribution >= 4 is 11.6 Å². The van der Waals surface area contributed by atoms with Crippen LogP contribution in [0.4, 0.5) is 0 Å². The average Bonchev–Trinajstić information content (AvgIpc) is 2.52. The summed E-state index contributed by atoms with van der Waals surface area (Å²) in [5, 5.41) is 2.67. The summed E-state index contributed by atoms with van der Waals surface area (Å²) < 4.78 is 3.98. The lowest BCUT2D eigenvalue weighted by Crippen LogP contribution is -2.33. The highest BCUT2D eigenvalue weighted by Gasteiger charge is 2.25. The number of carbonyl (C=O) groups excluding carboxylic acids is 1. The molecule has 4 heteroatoms. The average molecular weight is 218 g/mol. The number of aromatic nitrogens is 2. The molecule has 2 rings (SSSR count). The minimum absolute atomic E-state index is 0.0568. The smallest absolute Gasteiger partial charge is 0.295 e. The lowest BCUT2D eigenvalue weighted by molar-refractivity contribution is -0.514. The van der Waals surface area contributed by atoms with E-state index in [-0.39, 0.29) is 5.91 Å². The van der Waals surface area contributed by atoms with Gasteiger partial charge in [-0.2, -0.15) is 4.40 Å². The second-order valence-electron chi connectivity index (χ2n) is 3.96. The fraction of sp³-hybridized carbons (Fsp3) is 0.333. The Hall–Kier alpha value is -1.84.